The second kappa shape index (κ2) is 5.64. The van der Waals surface area contributed by atoms with Gasteiger partial charge in [-0.3, -0.25) is 9.59 Å². The number of hydrogen-bond donors (Lipinski definition) is 2. The number of aliphatic hydroxyl groups is 1. The van der Waals surface area contributed by atoms with Gasteiger partial charge in [-0.25, -0.2) is 4.98 Å². The molecule has 0 aromatic carbocycles. The van der Waals surface area contributed by atoms with Gasteiger partial charge in [-0.1, -0.05) is 11.3 Å². The van der Waals surface area contributed by atoms with Crippen molar-refractivity contribution in [2.24, 2.45) is 0 Å². The third kappa shape index (κ3) is 2.94. The predicted octanol–water partition coefficient (Wildman–Crippen LogP) is 0.470. The molecule has 0 spiro atoms. The van der Waals surface area contributed by atoms with Gasteiger partial charge in [-0.2, -0.15) is 0 Å². The first kappa shape index (κ1) is 14.9. The van der Waals surface area contributed by atoms with Gasteiger partial charge in [0.15, 0.2) is 5.13 Å². The molecule has 3 heterocycles. The molecule has 8 heteroatoms. The Hall–Kier alpha value is -2.03. The van der Waals surface area contributed by atoms with Crippen LogP contribution < -0.4 is 10.9 Å². The maximum atomic E-state index is 12.0. The minimum Gasteiger partial charge on any atom is -0.379 e. The van der Waals surface area contributed by atoms with Crippen LogP contribution in [-0.4, -0.2) is 33.8 Å². The number of nitrogens with one attached hydrogen (secondary N) is 1. The standard InChI is InChI=1S/C14H15N3O4S/c1-9-2-3-17(12(19)4-9)6-11(18)16-13-15-5-10(22-13)14(20)7-21-8-14/h2-5,20H,6-8H2,1H3,(H,15,16,18). The molecule has 1 aliphatic rings. The average Bonchev–Trinajstić information content (AvgIpc) is 2.88. The van der Waals surface area contributed by atoms with Crippen LogP contribution in [0.5, 0.6) is 0 Å². The molecule has 0 unspecified atom stereocenters. The fourth-order valence-electron chi connectivity index (χ4n) is 2.04. The summed E-state index contributed by atoms with van der Waals surface area (Å²) in [4.78, 5) is 28.4. The lowest BCUT2D eigenvalue weighted by molar-refractivity contribution is -0.182. The third-order valence-electron chi connectivity index (χ3n) is 3.36. The second-order valence-corrected chi connectivity index (χ2v) is 6.30. The van der Waals surface area contributed by atoms with Crippen LogP contribution in [0.1, 0.15) is 10.4 Å². The number of amides is 1. The minimum atomic E-state index is -0.992. The molecular formula is C14H15N3O4S. The van der Waals surface area contributed by atoms with Crippen molar-refractivity contribution in [3.05, 3.63) is 45.3 Å². The summed E-state index contributed by atoms with van der Waals surface area (Å²) in [6.07, 6.45) is 3.11. The molecule has 2 N–H and O–H groups in total. The SMILES string of the molecule is Cc1ccn(CC(=O)Nc2ncc(C3(O)COC3)s2)c(=O)c1. The minimum absolute atomic E-state index is 0.0819. The van der Waals surface area contributed by atoms with E-state index in [1.54, 1.807) is 12.3 Å². The van der Waals surface area contributed by atoms with E-state index in [1.807, 2.05) is 6.92 Å². The molecule has 1 saturated heterocycles. The van der Waals surface area contributed by atoms with E-state index in [-0.39, 0.29) is 31.2 Å². The number of pyridine rings is 1. The zero-order valence-corrected chi connectivity index (χ0v) is 12.7. The highest BCUT2D eigenvalue weighted by Crippen LogP contribution is 2.34. The van der Waals surface area contributed by atoms with Crippen LogP contribution in [0.2, 0.25) is 0 Å². The third-order valence-corrected chi connectivity index (χ3v) is 4.46. The molecule has 0 radical (unpaired) electrons. The normalized spacial score (nSPS) is 16.1. The van der Waals surface area contributed by atoms with E-state index < -0.39 is 5.60 Å². The van der Waals surface area contributed by atoms with E-state index in [0.29, 0.717) is 10.0 Å². The molecule has 0 aliphatic carbocycles. The van der Waals surface area contributed by atoms with Gasteiger partial charge in [0.2, 0.25) is 5.91 Å². The van der Waals surface area contributed by atoms with Crippen molar-refractivity contribution in [1.82, 2.24) is 9.55 Å². The van der Waals surface area contributed by atoms with Crippen molar-refractivity contribution in [1.29, 1.82) is 0 Å². The van der Waals surface area contributed by atoms with Crippen LogP contribution in [0, 0.1) is 6.92 Å². The van der Waals surface area contributed by atoms with Crippen LogP contribution >= 0.6 is 11.3 Å². The molecule has 2 aromatic rings. The first-order valence-electron chi connectivity index (χ1n) is 6.70. The molecule has 2 aromatic heterocycles. The average molecular weight is 321 g/mol. The molecule has 116 valence electrons. The maximum Gasteiger partial charge on any atom is 0.251 e. The molecule has 0 saturated carbocycles. The molecule has 3 rings (SSSR count). The number of aromatic nitrogens is 2. The Morgan fingerprint density at radius 1 is 1.59 bits per heavy atom. The first-order chi connectivity index (χ1) is 10.5. The van der Waals surface area contributed by atoms with Crippen LogP contribution in [0.3, 0.4) is 0 Å². The second-order valence-electron chi connectivity index (χ2n) is 5.27. The summed E-state index contributed by atoms with van der Waals surface area (Å²) in [6, 6.07) is 3.24. The van der Waals surface area contributed by atoms with Crippen molar-refractivity contribution >= 4 is 22.4 Å². The van der Waals surface area contributed by atoms with Gasteiger partial charge in [-0.05, 0) is 18.6 Å². The number of anilines is 1. The van der Waals surface area contributed by atoms with E-state index in [2.05, 4.69) is 10.3 Å². The number of rotatable bonds is 4. The van der Waals surface area contributed by atoms with Crippen LogP contribution in [0.4, 0.5) is 5.13 Å². The summed E-state index contributed by atoms with van der Waals surface area (Å²) in [5.41, 5.74) is -0.368. The van der Waals surface area contributed by atoms with Crippen molar-refractivity contribution in [3.63, 3.8) is 0 Å². The highest BCUT2D eigenvalue weighted by atomic mass is 32.1. The van der Waals surface area contributed by atoms with E-state index in [9.17, 15) is 14.7 Å². The van der Waals surface area contributed by atoms with Crippen molar-refractivity contribution in [3.8, 4) is 0 Å². The molecule has 7 nitrogen and oxygen atoms in total. The number of nitrogens with zero attached hydrogens (tertiary/aromatic N) is 2. The lowest BCUT2D eigenvalue weighted by atomic mass is 10.0. The van der Waals surface area contributed by atoms with Crippen molar-refractivity contribution in [2.75, 3.05) is 18.5 Å². The fraction of sp³-hybridized carbons (Fsp3) is 0.357. The van der Waals surface area contributed by atoms with Crippen molar-refractivity contribution in [2.45, 2.75) is 19.1 Å². The van der Waals surface area contributed by atoms with E-state index >= 15 is 0 Å². The van der Waals surface area contributed by atoms with Gasteiger partial charge in [0, 0.05) is 18.5 Å². The summed E-state index contributed by atoms with van der Waals surface area (Å²) in [5, 5.41) is 13.1. The fourth-order valence-corrected chi connectivity index (χ4v) is 2.93. The number of carbonyl (C=O) groups excluding carboxylic acids is 1. The van der Waals surface area contributed by atoms with Gasteiger partial charge in [0.05, 0.1) is 18.1 Å². The molecule has 1 fully saturated rings. The van der Waals surface area contributed by atoms with E-state index in [0.717, 1.165) is 5.56 Å². The molecule has 0 atom stereocenters. The number of hydrogen-bond acceptors (Lipinski definition) is 6. The van der Waals surface area contributed by atoms with Crippen molar-refractivity contribution < 1.29 is 14.6 Å². The summed E-state index contributed by atoms with van der Waals surface area (Å²) >= 11 is 1.20. The van der Waals surface area contributed by atoms with E-state index in [1.165, 1.54) is 28.2 Å². The number of thiazole rings is 1. The summed E-state index contributed by atoms with van der Waals surface area (Å²) in [7, 11) is 0. The Morgan fingerprint density at radius 2 is 2.36 bits per heavy atom. The summed E-state index contributed by atoms with van der Waals surface area (Å²) in [5.74, 6) is -0.344. The Balaban J connectivity index is 1.66. The van der Waals surface area contributed by atoms with Gasteiger partial charge in [0.1, 0.15) is 12.1 Å². The van der Waals surface area contributed by atoms with Gasteiger partial charge in [0.25, 0.3) is 5.56 Å². The smallest absolute Gasteiger partial charge is 0.251 e. The Bertz CT molecular complexity index is 763. The highest BCUT2D eigenvalue weighted by molar-refractivity contribution is 7.15. The number of aryl methyl sites for hydroxylation is 1. The zero-order valence-electron chi connectivity index (χ0n) is 11.9. The lowest BCUT2D eigenvalue weighted by Gasteiger charge is -2.34. The molecule has 1 aliphatic heterocycles. The van der Waals surface area contributed by atoms with Crippen LogP contribution in [0.15, 0.2) is 29.3 Å². The highest BCUT2D eigenvalue weighted by Gasteiger charge is 2.39. The Labute approximate surface area is 130 Å². The zero-order chi connectivity index (χ0) is 15.7. The largest absolute Gasteiger partial charge is 0.379 e. The maximum absolute atomic E-state index is 12.0. The lowest BCUT2D eigenvalue weighted by Crippen LogP contribution is -2.45. The Morgan fingerprint density at radius 3 is 3.00 bits per heavy atom. The molecular weight excluding hydrogens is 306 g/mol. The monoisotopic (exact) mass is 321 g/mol. The topological polar surface area (TPSA) is 93.5 Å². The summed E-state index contributed by atoms with van der Waals surface area (Å²) < 4.78 is 6.31. The number of ether oxygens (including phenoxy) is 1. The predicted molar refractivity (Wildman–Crippen MR) is 80.9 cm³/mol. The molecule has 0 bridgehead atoms. The Kier molecular flexibility index (Phi) is 3.81. The van der Waals surface area contributed by atoms with Gasteiger partial charge >= 0.3 is 0 Å². The van der Waals surface area contributed by atoms with Crippen LogP contribution in [0.25, 0.3) is 0 Å². The van der Waals surface area contributed by atoms with E-state index in [4.69, 9.17) is 4.74 Å². The van der Waals surface area contributed by atoms with Gasteiger partial charge < -0.3 is 19.7 Å². The molecule has 1 amide bonds. The van der Waals surface area contributed by atoms with Crippen LogP contribution in [-0.2, 0) is 21.7 Å². The molecule has 22 heavy (non-hydrogen) atoms. The number of carbonyl (C=O) groups is 1. The first-order valence-corrected chi connectivity index (χ1v) is 7.51. The summed E-state index contributed by atoms with van der Waals surface area (Å²) in [6.45, 7) is 2.21. The quantitative estimate of drug-likeness (QED) is 0.854. The van der Waals surface area contributed by atoms with Gasteiger partial charge in [-0.15, -0.1) is 0 Å².